The minimum absolute atomic E-state index is 0.330. The first-order chi connectivity index (χ1) is 22.3. The van der Waals surface area contributed by atoms with Crippen molar-refractivity contribution in [1.29, 1.82) is 0 Å². The Morgan fingerprint density at radius 1 is 0.609 bits per heavy atom. The zero-order chi connectivity index (χ0) is 31.7. The molecular weight excluding hydrogens is 577 g/mol. The van der Waals surface area contributed by atoms with Crippen molar-refractivity contribution in [2.45, 2.75) is 46.5 Å². The van der Waals surface area contributed by atoms with Crippen molar-refractivity contribution in [2.24, 2.45) is 7.05 Å². The van der Waals surface area contributed by atoms with Gasteiger partial charge in [-0.05, 0) is 88.7 Å². The molecule has 0 fully saturated rings. The lowest BCUT2D eigenvalue weighted by molar-refractivity contribution is -0.633. The molecule has 0 atom stereocenters. The average molecular weight is 616 g/mol. The van der Waals surface area contributed by atoms with E-state index in [0.717, 1.165) is 0 Å². The summed E-state index contributed by atoms with van der Waals surface area (Å²) in [6.45, 7) is 11.6. The van der Waals surface area contributed by atoms with Crippen LogP contribution in [0.25, 0.3) is 70.2 Å². The van der Waals surface area contributed by atoms with Gasteiger partial charge in [-0.3, -0.25) is 0 Å². The highest BCUT2D eigenvalue weighted by Gasteiger charge is 2.32. The number of benzene rings is 6. The lowest BCUT2D eigenvalue weighted by Crippen LogP contribution is -2.30. The van der Waals surface area contributed by atoms with E-state index in [9.17, 15) is 0 Å². The number of hydrogen-bond acceptors (Lipinski definition) is 1. The maximum atomic E-state index is 2.60. The number of nitrogens with zero attached hydrogens (tertiary/aromatic N) is 2. The van der Waals surface area contributed by atoms with Gasteiger partial charge in [-0.1, -0.05) is 100 Å². The molecule has 0 aliphatic heterocycles. The van der Waals surface area contributed by atoms with Gasteiger partial charge >= 0.3 is 0 Å². The third kappa shape index (κ3) is 4.48. The molecule has 3 heteroatoms. The molecule has 0 saturated heterocycles. The van der Waals surface area contributed by atoms with Crippen LogP contribution in [0.1, 0.15) is 56.2 Å². The van der Waals surface area contributed by atoms with Crippen LogP contribution in [-0.2, 0) is 7.05 Å². The summed E-state index contributed by atoms with van der Waals surface area (Å²) in [6, 6.07) is 43.0. The number of hydrogen-bond donors (Lipinski definition) is 0. The zero-order valence-corrected chi connectivity index (χ0v) is 28.2. The van der Waals surface area contributed by atoms with Crippen LogP contribution < -0.4 is 4.57 Å². The van der Waals surface area contributed by atoms with Crippen molar-refractivity contribution in [1.82, 2.24) is 4.57 Å². The van der Waals surface area contributed by atoms with Crippen molar-refractivity contribution in [3.05, 3.63) is 132 Å². The van der Waals surface area contributed by atoms with E-state index in [1.807, 2.05) is 11.3 Å². The minimum atomic E-state index is 0.330. The molecule has 0 unspecified atom stereocenters. The molecule has 0 aliphatic rings. The fraction of sp³-hybridized carbons (Fsp3) is 0.186. The average Bonchev–Trinajstić information content (AvgIpc) is 3.56. The maximum absolute atomic E-state index is 2.60. The molecule has 0 bridgehead atoms. The molecule has 2 aromatic heterocycles. The molecule has 8 rings (SSSR count). The smallest absolute Gasteiger partial charge is 0.225 e. The largest absolute Gasteiger partial charge is 0.295 e. The van der Waals surface area contributed by atoms with E-state index in [1.54, 1.807) is 0 Å². The van der Waals surface area contributed by atoms with E-state index in [1.165, 1.54) is 86.9 Å². The Balaban J connectivity index is 1.54. The van der Waals surface area contributed by atoms with Crippen LogP contribution in [0.3, 0.4) is 0 Å². The van der Waals surface area contributed by atoms with E-state index in [2.05, 4.69) is 166 Å². The highest BCUT2D eigenvalue weighted by Crippen LogP contribution is 2.43. The third-order valence-electron chi connectivity index (χ3n) is 9.68. The predicted octanol–water partition coefficient (Wildman–Crippen LogP) is 11.9. The number of imidazole rings is 1. The number of fused-ring (bicyclic) bond motifs is 5. The standard InChI is InChI=1S/C43H39N2S/c1-26(2)34-21-32(29-14-8-7-9-15-29)22-35(27(3)4)42(34)45-39-24-31-17-11-10-16-30(31)23-38(39)44(6)43(45)36-25-37-33-18-12-13-19-40(33)46-41(37)20-28(36)5/h7-27H,1-6H3/q+1. The van der Waals surface area contributed by atoms with Crippen LogP contribution in [0.15, 0.2) is 115 Å². The van der Waals surface area contributed by atoms with Crippen molar-refractivity contribution >= 4 is 53.3 Å². The SMILES string of the molecule is Cc1cc2sc3ccccc3c2cc1-c1n(-c2c(C(C)C)cc(-c3ccccc3)cc2C(C)C)c2cc3ccccc3cc2[n+]1C. The van der Waals surface area contributed by atoms with Gasteiger partial charge in [0, 0.05) is 31.3 Å². The second-order valence-corrected chi connectivity index (χ2v) is 14.4. The second kappa shape index (κ2) is 11.0. The highest BCUT2D eigenvalue weighted by atomic mass is 32.1. The first-order valence-corrected chi connectivity index (χ1v) is 17.2. The minimum Gasteiger partial charge on any atom is -0.225 e. The van der Waals surface area contributed by atoms with Gasteiger partial charge < -0.3 is 0 Å². The van der Waals surface area contributed by atoms with Crippen LogP contribution in [0.4, 0.5) is 0 Å². The number of aromatic nitrogens is 2. The number of aryl methyl sites for hydroxylation is 2. The molecule has 6 aromatic carbocycles. The van der Waals surface area contributed by atoms with Gasteiger partial charge in [0.15, 0.2) is 11.0 Å². The van der Waals surface area contributed by atoms with Crippen LogP contribution >= 0.6 is 11.3 Å². The van der Waals surface area contributed by atoms with Gasteiger partial charge in [-0.25, -0.2) is 4.57 Å². The van der Waals surface area contributed by atoms with Gasteiger partial charge in [0.25, 0.3) is 5.82 Å². The molecule has 0 radical (unpaired) electrons. The maximum Gasteiger partial charge on any atom is 0.295 e. The van der Waals surface area contributed by atoms with E-state index >= 15 is 0 Å². The van der Waals surface area contributed by atoms with Gasteiger partial charge in [0.1, 0.15) is 5.69 Å². The van der Waals surface area contributed by atoms with E-state index in [0.29, 0.717) is 11.8 Å². The van der Waals surface area contributed by atoms with Gasteiger partial charge in [0.05, 0.1) is 12.6 Å². The van der Waals surface area contributed by atoms with Crippen LogP contribution in [0.5, 0.6) is 0 Å². The zero-order valence-electron chi connectivity index (χ0n) is 27.4. The molecule has 0 N–H and O–H groups in total. The molecule has 2 heterocycles. The third-order valence-corrected chi connectivity index (χ3v) is 10.8. The second-order valence-electron chi connectivity index (χ2n) is 13.3. The summed E-state index contributed by atoms with van der Waals surface area (Å²) in [5, 5.41) is 5.18. The fourth-order valence-corrected chi connectivity index (χ4v) is 8.49. The van der Waals surface area contributed by atoms with E-state index in [4.69, 9.17) is 0 Å². The molecule has 8 aromatic rings. The Morgan fingerprint density at radius 3 is 1.93 bits per heavy atom. The lowest BCUT2D eigenvalue weighted by Gasteiger charge is -2.21. The Hall–Kier alpha value is -4.73. The van der Waals surface area contributed by atoms with E-state index in [-0.39, 0.29) is 0 Å². The van der Waals surface area contributed by atoms with Crippen LogP contribution in [0, 0.1) is 6.92 Å². The topological polar surface area (TPSA) is 8.81 Å². The van der Waals surface area contributed by atoms with Crippen molar-refractivity contribution in [2.75, 3.05) is 0 Å². The summed E-state index contributed by atoms with van der Waals surface area (Å²) < 4.78 is 7.72. The summed E-state index contributed by atoms with van der Waals surface area (Å²) in [6.07, 6.45) is 0. The molecule has 46 heavy (non-hydrogen) atoms. The summed E-state index contributed by atoms with van der Waals surface area (Å²) in [4.78, 5) is 0. The van der Waals surface area contributed by atoms with Gasteiger partial charge in [0.2, 0.25) is 0 Å². The van der Waals surface area contributed by atoms with E-state index < -0.39 is 0 Å². The Morgan fingerprint density at radius 2 is 1.24 bits per heavy atom. The molecule has 0 spiro atoms. The molecule has 0 saturated carbocycles. The molecular formula is C43H39N2S+. The number of thiophene rings is 1. The molecule has 2 nitrogen and oxygen atoms in total. The molecule has 0 amide bonds. The molecule has 226 valence electrons. The normalized spacial score (nSPS) is 12.1. The van der Waals surface area contributed by atoms with Crippen LogP contribution in [0.2, 0.25) is 0 Å². The monoisotopic (exact) mass is 615 g/mol. The van der Waals surface area contributed by atoms with Crippen molar-refractivity contribution in [3.63, 3.8) is 0 Å². The first-order valence-electron chi connectivity index (χ1n) is 16.4. The van der Waals surface area contributed by atoms with Crippen molar-refractivity contribution in [3.8, 4) is 28.2 Å². The van der Waals surface area contributed by atoms with Crippen LogP contribution in [-0.4, -0.2) is 4.57 Å². The summed E-state index contributed by atoms with van der Waals surface area (Å²) in [7, 11) is 2.25. The summed E-state index contributed by atoms with van der Waals surface area (Å²) >= 11 is 1.89. The highest BCUT2D eigenvalue weighted by molar-refractivity contribution is 7.25. The van der Waals surface area contributed by atoms with Gasteiger partial charge in [-0.2, -0.15) is 4.57 Å². The molecule has 0 aliphatic carbocycles. The first kappa shape index (κ1) is 28.7. The van der Waals surface area contributed by atoms with Crippen molar-refractivity contribution < 1.29 is 4.57 Å². The Labute approximate surface area is 275 Å². The quantitative estimate of drug-likeness (QED) is 0.170. The Bertz CT molecular complexity index is 2410. The lowest BCUT2D eigenvalue weighted by atomic mass is 9.88. The van der Waals surface area contributed by atoms with Gasteiger partial charge in [-0.15, -0.1) is 11.3 Å². The Kier molecular flexibility index (Phi) is 6.84. The predicted molar refractivity (Wildman–Crippen MR) is 199 cm³/mol. The number of rotatable bonds is 5. The summed E-state index contributed by atoms with van der Waals surface area (Å²) in [5.41, 5.74) is 11.6. The summed E-state index contributed by atoms with van der Waals surface area (Å²) in [5.74, 6) is 1.88. The fourth-order valence-electron chi connectivity index (χ4n) is 7.30.